The van der Waals surface area contributed by atoms with Crippen molar-refractivity contribution in [1.29, 1.82) is 0 Å². The van der Waals surface area contributed by atoms with Crippen LogP contribution in [0.3, 0.4) is 0 Å². The Morgan fingerprint density at radius 2 is 2.17 bits per heavy atom. The van der Waals surface area contributed by atoms with Gasteiger partial charge in [-0.1, -0.05) is 12.1 Å². The Kier molecular flexibility index (Phi) is 4.32. The first kappa shape index (κ1) is 16.5. The summed E-state index contributed by atoms with van der Waals surface area (Å²) in [6, 6.07) is 7.81. The van der Waals surface area contributed by atoms with Gasteiger partial charge in [0.25, 0.3) is 0 Å². The van der Waals surface area contributed by atoms with Gasteiger partial charge in [0.1, 0.15) is 5.75 Å². The third-order valence-corrected chi connectivity index (χ3v) is 4.39. The topological polar surface area (TPSA) is 55.6 Å². The van der Waals surface area contributed by atoms with E-state index in [1.165, 1.54) is 11.3 Å². The summed E-state index contributed by atoms with van der Waals surface area (Å²) in [5.41, 5.74) is 2.58. The molecule has 0 fully saturated rings. The van der Waals surface area contributed by atoms with Crippen LogP contribution in [0, 0.1) is 0 Å². The number of hydrogen-bond acceptors (Lipinski definition) is 4. The van der Waals surface area contributed by atoms with Gasteiger partial charge in [0.05, 0.1) is 19.2 Å². The Balaban J connectivity index is 1.87. The van der Waals surface area contributed by atoms with Gasteiger partial charge in [-0.2, -0.15) is 0 Å². The highest BCUT2D eigenvalue weighted by Gasteiger charge is 2.17. The lowest BCUT2D eigenvalue weighted by Gasteiger charge is -2.20. The number of ether oxygens (including phenoxy) is 1. The number of rotatable bonds is 4. The average molecular weight is 343 g/mol. The molecule has 0 atom stereocenters. The van der Waals surface area contributed by atoms with Crippen molar-refractivity contribution in [2.75, 3.05) is 7.11 Å². The SMILES string of the molecule is COc1cccc(-c2cn3c(CC(=O)NC(C)(C)C)csc3n2)c1. The molecule has 1 N–H and O–H groups in total. The van der Waals surface area contributed by atoms with Crippen LogP contribution in [0.2, 0.25) is 0 Å². The lowest BCUT2D eigenvalue weighted by Crippen LogP contribution is -2.41. The Morgan fingerprint density at radius 1 is 1.38 bits per heavy atom. The maximum Gasteiger partial charge on any atom is 0.226 e. The molecule has 0 saturated heterocycles. The normalized spacial score (nSPS) is 11.7. The molecule has 3 aromatic rings. The molecule has 0 aliphatic carbocycles. The predicted octanol–water partition coefficient (Wildman–Crippen LogP) is 3.53. The van der Waals surface area contributed by atoms with E-state index in [2.05, 4.69) is 10.3 Å². The van der Waals surface area contributed by atoms with Crippen molar-refractivity contribution in [2.24, 2.45) is 0 Å². The van der Waals surface area contributed by atoms with Gasteiger partial charge in [-0.25, -0.2) is 4.98 Å². The molecule has 0 spiro atoms. The van der Waals surface area contributed by atoms with Gasteiger partial charge in [-0.3, -0.25) is 9.20 Å². The van der Waals surface area contributed by atoms with Crippen LogP contribution in [0.25, 0.3) is 16.2 Å². The maximum atomic E-state index is 12.2. The number of thiazole rings is 1. The van der Waals surface area contributed by atoms with E-state index in [1.54, 1.807) is 7.11 Å². The van der Waals surface area contributed by atoms with Gasteiger partial charge in [-0.15, -0.1) is 11.3 Å². The number of benzene rings is 1. The van der Waals surface area contributed by atoms with Gasteiger partial charge in [-0.05, 0) is 32.9 Å². The highest BCUT2D eigenvalue weighted by molar-refractivity contribution is 7.15. The first-order chi connectivity index (χ1) is 11.4. The number of hydrogen-bond donors (Lipinski definition) is 1. The molecular formula is C18H21N3O2S. The Bertz CT molecular complexity index is 874. The number of nitrogens with one attached hydrogen (secondary N) is 1. The summed E-state index contributed by atoms with van der Waals surface area (Å²) in [5.74, 6) is 0.812. The summed E-state index contributed by atoms with van der Waals surface area (Å²) in [7, 11) is 1.65. The van der Waals surface area contributed by atoms with Crippen molar-refractivity contribution in [2.45, 2.75) is 32.7 Å². The molecule has 1 aromatic carbocycles. The van der Waals surface area contributed by atoms with Crippen LogP contribution >= 0.6 is 11.3 Å². The zero-order chi connectivity index (χ0) is 17.3. The highest BCUT2D eigenvalue weighted by atomic mass is 32.1. The fraction of sp³-hybridized carbons (Fsp3) is 0.333. The minimum atomic E-state index is -0.229. The molecule has 0 bridgehead atoms. The molecule has 2 heterocycles. The fourth-order valence-corrected chi connectivity index (χ4v) is 3.38. The molecule has 0 saturated carbocycles. The quantitative estimate of drug-likeness (QED) is 0.788. The molecule has 1 amide bonds. The van der Waals surface area contributed by atoms with Crippen LogP contribution < -0.4 is 10.1 Å². The minimum absolute atomic E-state index is 0.0128. The number of imidazole rings is 1. The van der Waals surface area contributed by atoms with Crippen LogP contribution in [0.1, 0.15) is 26.5 Å². The molecule has 0 radical (unpaired) electrons. The van der Waals surface area contributed by atoms with E-state index >= 15 is 0 Å². The second-order valence-corrected chi connectivity index (χ2v) is 7.55. The first-order valence-electron chi connectivity index (χ1n) is 7.76. The molecular weight excluding hydrogens is 322 g/mol. The molecule has 6 heteroatoms. The number of aromatic nitrogens is 2. The smallest absolute Gasteiger partial charge is 0.226 e. The third kappa shape index (κ3) is 3.59. The largest absolute Gasteiger partial charge is 0.497 e. The maximum absolute atomic E-state index is 12.2. The Hall–Kier alpha value is -2.34. The zero-order valence-corrected chi connectivity index (χ0v) is 15.1. The van der Waals surface area contributed by atoms with E-state index in [0.717, 1.165) is 27.7 Å². The lowest BCUT2D eigenvalue weighted by molar-refractivity contribution is -0.121. The molecule has 126 valence electrons. The first-order valence-corrected chi connectivity index (χ1v) is 8.64. The van der Waals surface area contributed by atoms with Crippen molar-refractivity contribution < 1.29 is 9.53 Å². The predicted molar refractivity (Wildman–Crippen MR) is 96.7 cm³/mol. The summed E-state index contributed by atoms with van der Waals surface area (Å²) in [6.45, 7) is 5.94. The van der Waals surface area contributed by atoms with Crippen molar-refractivity contribution in [1.82, 2.24) is 14.7 Å². The summed E-state index contributed by atoms with van der Waals surface area (Å²) in [4.78, 5) is 17.7. The monoisotopic (exact) mass is 343 g/mol. The van der Waals surface area contributed by atoms with Crippen LogP contribution in [0.15, 0.2) is 35.8 Å². The third-order valence-electron chi connectivity index (χ3n) is 3.50. The number of amides is 1. The fourth-order valence-electron chi connectivity index (χ4n) is 2.50. The number of fused-ring (bicyclic) bond motifs is 1. The Labute approximate surface area is 145 Å². The summed E-state index contributed by atoms with van der Waals surface area (Å²) in [5, 5.41) is 4.98. The molecule has 5 nitrogen and oxygen atoms in total. The van der Waals surface area contributed by atoms with Crippen LogP contribution in [-0.2, 0) is 11.2 Å². The molecule has 0 aliphatic heterocycles. The second-order valence-electron chi connectivity index (χ2n) is 6.71. The molecule has 2 aromatic heterocycles. The number of methoxy groups -OCH3 is 1. The van der Waals surface area contributed by atoms with Gasteiger partial charge < -0.3 is 10.1 Å². The average Bonchev–Trinajstić information content (AvgIpc) is 3.07. The van der Waals surface area contributed by atoms with E-state index in [-0.39, 0.29) is 11.4 Å². The van der Waals surface area contributed by atoms with Crippen molar-refractivity contribution in [3.8, 4) is 17.0 Å². The van der Waals surface area contributed by atoms with Crippen molar-refractivity contribution >= 4 is 22.2 Å². The molecule has 3 rings (SSSR count). The van der Waals surface area contributed by atoms with E-state index < -0.39 is 0 Å². The zero-order valence-electron chi connectivity index (χ0n) is 14.3. The second kappa shape index (κ2) is 6.28. The van der Waals surface area contributed by atoms with Crippen LogP contribution in [0.5, 0.6) is 5.75 Å². The van der Waals surface area contributed by atoms with Gasteiger partial charge in [0, 0.05) is 28.4 Å². The van der Waals surface area contributed by atoms with Crippen LogP contribution in [0.4, 0.5) is 0 Å². The number of carbonyl (C=O) groups is 1. The molecule has 0 aliphatic rings. The van der Waals surface area contributed by atoms with Gasteiger partial charge in [0.15, 0.2) is 4.96 Å². The highest BCUT2D eigenvalue weighted by Crippen LogP contribution is 2.26. The van der Waals surface area contributed by atoms with E-state index in [4.69, 9.17) is 4.74 Å². The van der Waals surface area contributed by atoms with Crippen LogP contribution in [-0.4, -0.2) is 27.9 Å². The van der Waals surface area contributed by atoms with Gasteiger partial charge >= 0.3 is 0 Å². The van der Waals surface area contributed by atoms with Gasteiger partial charge in [0.2, 0.25) is 5.91 Å². The van der Waals surface area contributed by atoms with E-state index in [1.807, 2.05) is 61.0 Å². The molecule has 0 unspecified atom stereocenters. The number of carbonyl (C=O) groups excluding carboxylic acids is 1. The Morgan fingerprint density at radius 3 is 2.88 bits per heavy atom. The lowest BCUT2D eigenvalue weighted by atomic mass is 10.1. The summed E-state index contributed by atoms with van der Waals surface area (Å²) >= 11 is 1.54. The molecule has 24 heavy (non-hydrogen) atoms. The number of nitrogens with zero attached hydrogens (tertiary/aromatic N) is 2. The van der Waals surface area contributed by atoms with Crippen molar-refractivity contribution in [3.05, 3.63) is 41.5 Å². The van der Waals surface area contributed by atoms with E-state index in [0.29, 0.717) is 6.42 Å². The minimum Gasteiger partial charge on any atom is -0.497 e. The standard InChI is InChI=1S/C18H21N3O2S/c1-18(2,3)20-16(22)9-13-11-24-17-19-15(10-21(13)17)12-6-5-7-14(8-12)23-4/h5-8,10-11H,9H2,1-4H3,(H,20,22). The van der Waals surface area contributed by atoms with Crippen molar-refractivity contribution in [3.63, 3.8) is 0 Å². The van der Waals surface area contributed by atoms with E-state index in [9.17, 15) is 4.79 Å². The summed E-state index contributed by atoms with van der Waals surface area (Å²) < 4.78 is 7.26. The summed E-state index contributed by atoms with van der Waals surface area (Å²) in [6.07, 6.45) is 2.31.